The second-order valence-electron chi connectivity index (χ2n) is 17.7. The van der Waals surface area contributed by atoms with Gasteiger partial charge in [0.1, 0.15) is 12.6 Å². The van der Waals surface area contributed by atoms with Crippen LogP contribution in [0.15, 0.2) is 24.3 Å². The topological polar surface area (TPSA) is 18.5 Å². The molecule has 0 rings (SSSR count). The Hall–Kier alpha value is -0.680. The van der Waals surface area contributed by atoms with Crippen molar-refractivity contribution < 1.29 is 18.4 Å². The number of hydrogen-bond donors (Lipinski definition) is 0. The smallest absolute Gasteiger partial charge is 0.130 e. The largest absolute Gasteiger partial charge is 0.379 e. The average Bonchev–Trinajstić information content (AvgIpc) is 3.08. The SMILES string of the molecule is CCCCCCCC/C=C\CCCCCCCCOCC(C[N+](C)(C)CCC[N+](C)(C)C)OCCCCCCCC/C=C\CCCCCCCC. The van der Waals surface area contributed by atoms with Gasteiger partial charge in [0.15, 0.2) is 0 Å². The molecular weight excluding hydrogens is 625 g/mol. The maximum Gasteiger partial charge on any atom is 0.130 e. The van der Waals surface area contributed by atoms with E-state index in [1.54, 1.807) is 0 Å². The number of allylic oxidation sites excluding steroid dienone is 4. The van der Waals surface area contributed by atoms with Gasteiger partial charge in [0.2, 0.25) is 0 Å². The van der Waals surface area contributed by atoms with Crippen LogP contribution < -0.4 is 0 Å². The quantitative estimate of drug-likeness (QED) is 0.0356. The fourth-order valence-electron chi connectivity index (χ4n) is 7.04. The van der Waals surface area contributed by atoms with Crippen LogP contribution in [0.5, 0.6) is 0 Å². The molecule has 0 amide bonds. The van der Waals surface area contributed by atoms with Crippen molar-refractivity contribution in [1.82, 2.24) is 0 Å². The van der Waals surface area contributed by atoms with E-state index in [0.29, 0.717) is 0 Å². The van der Waals surface area contributed by atoms with Gasteiger partial charge in [-0.15, -0.1) is 0 Å². The minimum Gasteiger partial charge on any atom is -0.379 e. The Morgan fingerprint density at radius 3 is 1.20 bits per heavy atom. The standard InChI is InChI=1S/C47H96N2O2/c1-8-10-12-14-16-18-20-22-24-26-28-30-32-34-36-38-43-50-46-47(45-49(6,7)42-40-41-48(3,4)5)51-44-39-37-35-33-31-29-27-25-23-21-19-17-15-13-11-9-2/h22-25,47H,8-21,26-46H2,1-7H3/q+2/b24-22-,25-23-. The van der Waals surface area contributed by atoms with Crippen LogP contribution in [0.3, 0.4) is 0 Å². The van der Waals surface area contributed by atoms with Crippen LogP contribution in [0, 0.1) is 0 Å². The highest BCUT2D eigenvalue weighted by Gasteiger charge is 2.24. The van der Waals surface area contributed by atoms with Crippen molar-refractivity contribution in [2.24, 2.45) is 0 Å². The van der Waals surface area contributed by atoms with Crippen LogP contribution >= 0.6 is 0 Å². The van der Waals surface area contributed by atoms with Crippen LogP contribution in [0.2, 0.25) is 0 Å². The molecule has 0 fully saturated rings. The molecule has 0 heterocycles. The van der Waals surface area contributed by atoms with Crippen molar-refractivity contribution in [3.8, 4) is 0 Å². The molecular formula is C47H96N2O2+2. The molecule has 4 heteroatoms. The van der Waals surface area contributed by atoms with Gasteiger partial charge in [-0.1, -0.05) is 154 Å². The lowest BCUT2D eigenvalue weighted by molar-refractivity contribution is -0.904. The van der Waals surface area contributed by atoms with Crippen LogP contribution in [0.1, 0.15) is 200 Å². The Labute approximate surface area is 322 Å². The lowest BCUT2D eigenvalue weighted by Crippen LogP contribution is -2.49. The number of hydrogen-bond acceptors (Lipinski definition) is 2. The first-order valence-electron chi connectivity index (χ1n) is 22.8. The molecule has 0 spiro atoms. The molecule has 0 aromatic heterocycles. The zero-order valence-corrected chi connectivity index (χ0v) is 36.3. The monoisotopic (exact) mass is 721 g/mol. The molecule has 0 aromatic carbocycles. The molecule has 0 radical (unpaired) electrons. The van der Waals surface area contributed by atoms with Crippen LogP contribution in [-0.4, -0.2) is 89.8 Å². The first-order valence-corrected chi connectivity index (χ1v) is 22.8. The summed E-state index contributed by atoms with van der Waals surface area (Å²) in [4.78, 5) is 0. The summed E-state index contributed by atoms with van der Waals surface area (Å²) in [5, 5.41) is 0. The fraction of sp³-hybridized carbons (Fsp3) is 0.915. The summed E-state index contributed by atoms with van der Waals surface area (Å²) in [5.41, 5.74) is 0. The van der Waals surface area contributed by atoms with Gasteiger partial charge in [0.25, 0.3) is 0 Å². The third-order valence-electron chi connectivity index (χ3n) is 10.4. The van der Waals surface area contributed by atoms with E-state index in [4.69, 9.17) is 9.47 Å². The molecule has 1 atom stereocenters. The van der Waals surface area contributed by atoms with Gasteiger partial charge in [-0.3, -0.25) is 0 Å². The zero-order valence-electron chi connectivity index (χ0n) is 36.3. The predicted molar refractivity (Wildman–Crippen MR) is 229 cm³/mol. The number of ether oxygens (including phenoxy) is 2. The number of likely N-dealkylation sites (N-methyl/N-ethyl adjacent to an activating group) is 1. The van der Waals surface area contributed by atoms with Crippen LogP contribution in [-0.2, 0) is 9.47 Å². The minimum absolute atomic E-state index is 0.196. The molecule has 0 saturated heterocycles. The van der Waals surface area contributed by atoms with Crippen molar-refractivity contribution >= 4 is 0 Å². The maximum atomic E-state index is 6.52. The Morgan fingerprint density at radius 1 is 0.412 bits per heavy atom. The summed E-state index contributed by atoms with van der Waals surface area (Å²) in [6.07, 6.45) is 48.8. The third-order valence-corrected chi connectivity index (χ3v) is 10.4. The molecule has 0 aliphatic carbocycles. The molecule has 0 aliphatic heterocycles. The lowest BCUT2D eigenvalue weighted by Gasteiger charge is -2.34. The number of rotatable bonds is 41. The summed E-state index contributed by atoms with van der Waals surface area (Å²) < 4.78 is 14.8. The summed E-state index contributed by atoms with van der Waals surface area (Å²) >= 11 is 0. The molecule has 0 N–H and O–H groups in total. The molecule has 0 aliphatic rings. The van der Waals surface area contributed by atoms with Crippen molar-refractivity contribution in [1.29, 1.82) is 0 Å². The highest BCUT2D eigenvalue weighted by molar-refractivity contribution is 4.82. The fourth-order valence-corrected chi connectivity index (χ4v) is 7.04. The average molecular weight is 721 g/mol. The van der Waals surface area contributed by atoms with Crippen molar-refractivity contribution in [3.05, 3.63) is 24.3 Å². The summed E-state index contributed by atoms with van der Waals surface area (Å²) in [6.45, 7) is 10.5. The van der Waals surface area contributed by atoms with E-state index in [1.807, 2.05) is 0 Å². The van der Waals surface area contributed by atoms with Gasteiger partial charge in [-0.25, -0.2) is 0 Å². The van der Waals surface area contributed by atoms with Crippen LogP contribution in [0.25, 0.3) is 0 Å². The number of quaternary nitrogens is 2. The van der Waals surface area contributed by atoms with Crippen LogP contribution in [0.4, 0.5) is 0 Å². The summed E-state index contributed by atoms with van der Waals surface area (Å²) in [7, 11) is 11.6. The number of unbranched alkanes of at least 4 members (excludes halogenated alkanes) is 24. The normalized spacial score (nSPS) is 13.3. The van der Waals surface area contributed by atoms with Gasteiger partial charge in [0.05, 0.1) is 54.9 Å². The maximum absolute atomic E-state index is 6.52. The highest BCUT2D eigenvalue weighted by atomic mass is 16.5. The third kappa shape index (κ3) is 41.9. The van der Waals surface area contributed by atoms with Gasteiger partial charge >= 0.3 is 0 Å². The Kier molecular flexibility index (Phi) is 37.1. The second kappa shape index (κ2) is 37.6. The molecule has 0 aromatic rings. The first-order chi connectivity index (χ1) is 24.7. The molecule has 0 saturated carbocycles. The van der Waals surface area contributed by atoms with Gasteiger partial charge in [-0.05, 0) is 64.2 Å². The van der Waals surface area contributed by atoms with Crippen molar-refractivity contribution in [2.45, 2.75) is 206 Å². The molecule has 51 heavy (non-hydrogen) atoms. The first kappa shape index (κ1) is 50.3. The Balaban J connectivity index is 4.09. The lowest BCUT2D eigenvalue weighted by atomic mass is 10.1. The Morgan fingerprint density at radius 2 is 0.784 bits per heavy atom. The van der Waals surface area contributed by atoms with Crippen molar-refractivity contribution in [3.63, 3.8) is 0 Å². The van der Waals surface area contributed by atoms with Crippen molar-refractivity contribution in [2.75, 3.05) is 74.7 Å². The van der Waals surface area contributed by atoms with E-state index >= 15 is 0 Å². The van der Waals surface area contributed by atoms with E-state index in [-0.39, 0.29) is 6.10 Å². The van der Waals surface area contributed by atoms with E-state index in [2.05, 4.69) is 73.4 Å². The van der Waals surface area contributed by atoms with E-state index in [0.717, 1.165) is 35.3 Å². The van der Waals surface area contributed by atoms with Gasteiger partial charge < -0.3 is 18.4 Å². The number of nitrogens with zero attached hydrogens (tertiary/aromatic N) is 2. The molecule has 304 valence electrons. The van der Waals surface area contributed by atoms with Gasteiger partial charge in [-0.2, -0.15) is 0 Å². The van der Waals surface area contributed by atoms with Gasteiger partial charge in [0, 0.05) is 19.6 Å². The second-order valence-corrected chi connectivity index (χ2v) is 17.7. The van der Waals surface area contributed by atoms with E-state index in [1.165, 1.54) is 199 Å². The molecule has 1 unspecified atom stereocenters. The van der Waals surface area contributed by atoms with E-state index < -0.39 is 0 Å². The molecule has 4 nitrogen and oxygen atoms in total. The van der Waals surface area contributed by atoms with E-state index in [9.17, 15) is 0 Å². The highest BCUT2D eigenvalue weighted by Crippen LogP contribution is 2.13. The Bertz CT molecular complexity index is 741. The predicted octanol–water partition coefficient (Wildman–Crippen LogP) is 13.6. The zero-order chi connectivity index (χ0) is 37.6. The summed E-state index contributed by atoms with van der Waals surface area (Å²) in [5.74, 6) is 0. The summed E-state index contributed by atoms with van der Waals surface area (Å²) in [6, 6.07) is 0. The minimum atomic E-state index is 0.196. The molecule has 0 bridgehead atoms.